The number of carboxylic acids is 1. The van der Waals surface area contributed by atoms with Crippen molar-refractivity contribution >= 4 is 17.3 Å². The van der Waals surface area contributed by atoms with Gasteiger partial charge in [-0.2, -0.15) is 0 Å². The minimum Gasteiger partial charge on any atom is -0.478 e. The third-order valence-electron chi connectivity index (χ3n) is 9.18. The number of carboxylic acid groups (broad SMARTS) is 1. The monoisotopic (exact) mass is 587 g/mol. The molecule has 4 aromatic rings. The number of aromatic carboxylic acids is 1. The van der Waals surface area contributed by atoms with Crippen LogP contribution in [0.5, 0.6) is 0 Å². The van der Waals surface area contributed by atoms with Gasteiger partial charge >= 0.3 is 5.97 Å². The molecule has 0 unspecified atom stereocenters. The number of piperidine rings is 1. The Morgan fingerprint density at radius 2 is 1.62 bits per heavy atom. The van der Waals surface area contributed by atoms with Crippen LogP contribution in [-0.2, 0) is 32.7 Å². The highest BCUT2D eigenvalue weighted by atomic mass is 32.1. The summed E-state index contributed by atoms with van der Waals surface area (Å²) in [5, 5.41) is 12.5. The normalized spacial score (nSPS) is 17.5. The fourth-order valence-electron chi connectivity index (χ4n) is 6.75. The van der Waals surface area contributed by atoms with Gasteiger partial charge in [-0.15, -0.1) is 11.3 Å². The molecule has 5 heterocycles. The fraction of sp³-hybridized carbons (Fsp3) is 0.469. The smallest absolute Gasteiger partial charge is 0.336 e. The second-order valence-electron chi connectivity index (χ2n) is 12.2. The largest absolute Gasteiger partial charge is 0.478 e. The molecule has 3 aromatic heterocycles. The van der Waals surface area contributed by atoms with Crippen molar-refractivity contribution in [2.75, 3.05) is 26.2 Å². The molecule has 1 spiro atoms. The SMILES string of the molecule is Cc1ccsc1CN1CCC2(CC1)CCN(Cc1c(C)cc(CN(Cc3ncc[nH]3)Cc3ncc[nH]3)cc1C(=O)O)C2. The van der Waals surface area contributed by atoms with Gasteiger partial charge in [-0.1, -0.05) is 6.07 Å². The molecule has 10 heteroatoms. The quantitative estimate of drug-likeness (QED) is 0.222. The topological polar surface area (TPSA) is 104 Å². The number of aromatic nitrogens is 4. The predicted molar refractivity (Wildman–Crippen MR) is 164 cm³/mol. The molecule has 1 aromatic carbocycles. The van der Waals surface area contributed by atoms with Gasteiger partial charge in [-0.3, -0.25) is 14.7 Å². The van der Waals surface area contributed by atoms with Crippen molar-refractivity contribution in [3.05, 3.63) is 92.7 Å². The number of imidazole rings is 2. The Morgan fingerprint density at radius 1 is 0.952 bits per heavy atom. The maximum absolute atomic E-state index is 12.5. The van der Waals surface area contributed by atoms with E-state index in [0.29, 0.717) is 37.2 Å². The van der Waals surface area contributed by atoms with Crippen molar-refractivity contribution in [3.8, 4) is 0 Å². The Hall–Kier alpha value is -3.31. The summed E-state index contributed by atoms with van der Waals surface area (Å²) < 4.78 is 0. The Labute approximate surface area is 251 Å². The van der Waals surface area contributed by atoms with Crippen LogP contribution in [-0.4, -0.2) is 71.9 Å². The highest BCUT2D eigenvalue weighted by molar-refractivity contribution is 7.10. The summed E-state index contributed by atoms with van der Waals surface area (Å²) in [6.07, 6.45) is 10.8. The first-order chi connectivity index (χ1) is 20.4. The van der Waals surface area contributed by atoms with Crippen LogP contribution in [0.4, 0.5) is 0 Å². The van der Waals surface area contributed by atoms with Crippen molar-refractivity contribution in [2.45, 2.75) is 65.8 Å². The molecule has 9 nitrogen and oxygen atoms in total. The molecule has 0 amide bonds. The molecule has 2 saturated heterocycles. The Balaban J connectivity index is 1.12. The third-order valence-corrected chi connectivity index (χ3v) is 10.2. The number of nitrogens with zero attached hydrogens (tertiary/aromatic N) is 5. The number of nitrogens with one attached hydrogen (secondary N) is 2. The van der Waals surface area contributed by atoms with Gasteiger partial charge in [0.25, 0.3) is 0 Å². The van der Waals surface area contributed by atoms with Gasteiger partial charge in [-0.05, 0) is 97.9 Å². The van der Waals surface area contributed by atoms with Crippen molar-refractivity contribution in [2.24, 2.45) is 5.41 Å². The molecule has 0 radical (unpaired) electrons. The van der Waals surface area contributed by atoms with Crippen molar-refractivity contribution < 1.29 is 9.90 Å². The zero-order valence-corrected chi connectivity index (χ0v) is 25.4. The third kappa shape index (κ3) is 6.67. The van der Waals surface area contributed by atoms with Crippen LogP contribution in [0.3, 0.4) is 0 Å². The highest BCUT2D eigenvalue weighted by Crippen LogP contribution is 2.41. The summed E-state index contributed by atoms with van der Waals surface area (Å²) in [6.45, 7) is 12.2. The molecule has 42 heavy (non-hydrogen) atoms. The molecule has 6 rings (SSSR count). The van der Waals surface area contributed by atoms with E-state index in [-0.39, 0.29) is 0 Å². The highest BCUT2D eigenvalue weighted by Gasteiger charge is 2.40. The average Bonchev–Trinajstić information content (AvgIpc) is 3.78. The van der Waals surface area contributed by atoms with Gasteiger partial charge in [0, 0.05) is 55.8 Å². The average molecular weight is 588 g/mol. The molecule has 0 aliphatic carbocycles. The molecular formula is C32H41N7O2S. The van der Waals surface area contributed by atoms with Crippen LogP contribution < -0.4 is 0 Å². The summed E-state index contributed by atoms with van der Waals surface area (Å²) in [5.41, 5.74) is 5.16. The summed E-state index contributed by atoms with van der Waals surface area (Å²) in [5.74, 6) is 0.872. The number of H-pyrrole nitrogens is 2. The van der Waals surface area contributed by atoms with Crippen LogP contribution in [0.1, 0.15) is 68.4 Å². The van der Waals surface area contributed by atoms with E-state index in [1.165, 1.54) is 29.7 Å². The van der Waals surface area contributed by atoms with E-state index in [1.807, 2.05) is 29.8 Å². The van der Waals surface area contributed by atoms with Crippen LogP contribution in [0.15, 0.2) is 48.4 Å². The number of benzene rings is 1. The molecule has 0 atom stereocenters. The van der Waals surface area contributed by atoms with E-state index in [0.717, 1.165) is 61.1 Å². The number of likely N-dealkylation sites (tertiary alicyclic amines) is 2. The van der Waals surface area contributed by atoms with Crippen LogP contribution in [0.2, 0.25) is 0 Å². The Bertz CT molecular complexity index is 1440. The molecule has 2 aliphatic heterocycles. The lowest BCUT2D eigenvalue weighted by atomic mass is 9.78. The van der Waals surface area contributed by atoms with Gasteiger partial charge in [0.2, 0.25) is 0 Å². The number of carbonyl (C=O) groups is 1. The number of aromatic amines is 2. The minimum absolute atomic E-state index is 0.358. The molecule has 2 aliphatic rings. The Kier molecular flexibility index (Phi) is 8.57. The Morgan fingerprint density at radius 3 is 2.19 bits per heavy atom. The van der Waals surface area contributed by atoms with Gasteiger partial charge in [0.05, 0.1) is 18.7 Å². The lowest BCUT2D eigenvalue weighted by molar-refractivity contribution is 0.0693. The van der Waals surface area contributed by atoms with Gasteiger partial charge in [0.15, 0.2) is 0 Å². The molecular weight excluding hydrogens is 546 g/mol. The van der Waals surface area contributed by atoms with Gasteiger partial charge < -0.3 is 15.1 Å². The molecule has 0 saturated carbocycles. The van der Waals surface area contributed by atoms with Gasteiger partial charge in [-0.25, -0.2) is 14.8 Å². The first-order valence-corrected chi connectivity index (χ1v) is 15.8. The van der Waals surface area contributed by atoms with E-state index in [4.69, 9.17) is 0 Å². The number of rotatable bonds is 11. The van der Waals surface area contributed by atoms with Crippen molar-refractivity contribution in [3.63, 3.8) is 0 Å². The van der Waals surface area contributed by atoms with Gasteiger partial charge in [0.1, 0.15) is 11.6 Å². The maximum atomic E-state index is 12.5. The summed E-state index contributed by atoms with van der Waals surface area (Å²) in [7, 11) is 0. The summed E-state index contributed by atoms with van der Waals surface area (Å²) in [6, 6.07) is 6.26. The minimum atomic E-state index is -0.857. The van der Waals surface area contributed by atoms with E-state index >= 15 is 0 Å². The molecule has 0 bridgehead atoms. The molecule has 222 valence electrons. The number of hydrogen-bond acceptors (Lipinski definition) is 7. The molecule has 2 fully saturated rings. The van der Waals surface area contributed by atoms with E-state index in [9.17, 15) is 9.90 Å². The van der Waals surface area contributed by atoms with E-state index in [1.54, 1.807) is 12.4 Å². The summed E-state index contributed by atoms with van der Waals surface area (Å²) in [4.78, 5) is 36.5. The zero-order chi connectivity index (χ0) is 29.1. The zero-order valence-electron chi connectivity index (χ0n) is 24.6. The maximum Gasteiger partial charge on any atom is 0.336 e. The number of thiophene rings is 1. The predicted octanol–water partition coefficient (Wildman–Crippen LogP) is 5.20. The molecule has 3 N–H and O–H groups in total. The van der Waals surface area contributed by atoms with Crippen molar-refractivity contribution in [1.82, 2.24) is 34.6 Å². The van der Waals surface area contributed by atoms with E-state index < -0.39 is 5.97 Å². The van der Waals surface area contributed by atoms with Crippen LogP contribution >= 0.6 is 11.3 Å². The second-order valence-corrected chi connectivity index (χ2v) is 13.2. The van der Waals surface area contributed by atoms with Crippen LogP contribution in [0, 0.1) is 19.3 Å². The number of hydrogen-bond donors (Lipinski definition) is 3. The second kappa shape index (κ2) is 12.5. The van der Waals surface area contributed by atoms with Crippen LogP contribution in [0.25, 0.3) is 0 Å². The fourth-order valence-corrected chi connectivity index (χ4v) is 7.70. The van der Waals surface area contributed by atoms with Crippen molar-refractivity contribution in [1.29, 1.82) is 0 Å². The first-order valence-electron chi connectivity index (χ1n) is 14.9. The van der Waals surface area contributed by atoms with E-state index in [2.05, 4.69) is 66.0 Å². The standard InChI is InChI=1S/C32H41N7O2S/c1-23-3-14-42-28(23)19-37-11-4-32(5-12-37)6-13-38(22-32)18-27-24(2)15-25(16-26(27)31(40)41)17-39(20-29-33-7-8-34-29)21-30-35-9-10-36-30/h3,7-10,14-16H,4-6,11-13,17-22H2,1-2H3,(H,33,34)(H,35,36)(H,40,41). The lowest BCUT2D eigenvalue weighted by Gasteiger charge is -2.39. The lowest BCUT2D eigenvalue weighted by Crippen LogP contribution is -2.41. The first kappa shape index (κ1) is 28.8. The summed E-state index contributed by atoms with van der Waals surface area (Å²) >= 11 is 1.87. The number of aryl methyl sites for hydroxylation is 2.